The van der Waals surface area contributed by atoms with Crippen LogP contribution in [0.15, 0.2) is 29.2 Å². The second kappa shape index (κ2) is 10.6. The number of unbranched alkanes of at least 4 members (excludes halogenated alkanes) is 1. The van der Waals surface area contributed by atoms with Crippen LogP contribution in [0, 0.1) is 11.7 Å². The van der Waals surface area contributed by atoms with Crippen molar-refractivity contribution in [2.45, 2.75) is 44.7 Å². The standard InChI is InChI=1S/C26H31ClFN3O5/c1-4-5-9-36-23-21-25(34)30(2)15-26(10-16(11-26)14-35-3)31(21)13-18(22(23)32)24(33)29-12-17-7-6-8-19(27)20(17)28/h6-8,13,16H,4-5,9-12,14-15H2,1-3H3,(H,29,33)/t16-,26+. The van der Waals surface area contributed by atoms with Gasteiger partial charge in [0.15, 0.2) is 11.4 Å². The van der Waals surface area contributed by atoms with Gasteiger partial charge in [0.2, 0.25) is 5.43 Å². The number of benzene rings is 1. The first kappa shape index (κ1) is 26.2. The van der Waals surface area contributed by atoms with Gasteiger partial charge >= 0.3 is 0 Å². The molecule has 0 radical (unpaired) electrons. The molecule has 1 fully saturated rings. The summed E-state index contributed by atoms with van der Waals surface area (Å²) in [6.45, 7) is 3.12. The molecule has 2 aromatic rings. The van der Waals surface area contributed by atoms with Crippen LogP contribution >= 0.6 is 11.6 Å². The van der Waals surface area contributed by atoms with Crippen molar-refractivity contribution in [2.75, 3.05) is 33.9 Å². The number of amides is 2. The zero-order chi connectivity index (χ0) is 26.0. The smallest absolute Gasteiger partial charge is 0.274 e. The Bertz CT molecular complexity index is 1220. The molecule has 0 saturated heterocycles. The van der Waals surface area contributed by atoms with Gasteiger partial charge in [-0.25, -0.2) is 4.39 Å². The van der Waals surface area contributed by atoms with E-state index in [9.17, 15) is 18.8 Å². The number of likely N-dealkylation sites (N-methyl/N-ethyl adjacent to an activating group) is 1. The van der Waals surface area contributed by atoms with E-state index >= 15 is 0 Å². The lowest BCUT2D eigenvalue weighted by atomic mass is 9.67. The van der Waals surface area contributed by atoms with Crippen LogP contribution in [0.2, 0.25) is 5.02 Å². The number of rotatable bonds is 9. The molecule has 1 aromatic carbocycles. The van der Waals surface area contributed by atoms with Crippen molar-refractivity contribution in [1.29, 1.82) is 0 Å². The first-order valence-electron chi connectivity index (χ1n) is 12.1. The quantitative estimate of drug-likeness (QED) is 0.511. The van der Waals surface area contributed by atoms with Gasteiger partial charge in [0.1, 0.15) is 11.4 Å². The number of pyridine rings is 1. The van der Waals surface area contributed by atoms with Gasteiger partial charge in [-0.05, 0) is 31.2 Å². The number of methoxy groups -OCH3 is 1. The number of fused-ring (bicyclic) bond motifs is 2. The van der Waals surface area contributed by atoms with Crippen molar-refractivity contribution in [1.82, 2.24) is 14.8 Å². The average Bonchev–Trinajstić information content (AvgIpc) is 2.83. The van der Waals surface area contributed by atoms with Crippen molar-refractivity contribution in [2.24, 2.45) is 5.92 Å². The van der Waals surface area contributed by atoms with Crippen molar-refractivity contribution in [3.63, 3.8) is 0 Å². The van der Waals surface area contributed by atoms with Crippen LogP contribution in [0.5, 0.6) is 5.75 Å². The number of hydrogen-bond acceptors (Lipinski definition) is 5. The summed E-state index contributed by atoms with van der Waals surface area (Å²) in [6, 6.07) is 4.51. The zero-order valence-electron chi connectivity index (χ0n) is 20.7. The highest BCUT2D eigenvalue weighted by Crippen LogP contribution is 2.48. The predicted octanol–water partition coefficient (Wildman–Crippen LogP) is 3.59. The summed E-state index contributed by atoms with van der Waals surface area (Å²) in [7, 11) is 3.36. The van der Waals surface area contributed by atoms with Gasteiger partial charge in [-0.1, -0.05) is 37.1 Å². The Morgan fingerprint density at radius 3 is 2.75 bits per heavy atom. The Balaban J connectivity index is 1.74. The van der Waals surface area contributed by atoms with E-state index in [4.69, 9.17) is 21.1 Å². The largest absolute Gasteiger partial charge is 0.487 e. The number of halogens is 2. The van der Waals surface area contributed by atoms with Crippen LogP contribution in [0.3, 0.4) is 0 Å². The number of aromatic nitrogens is 1. The third-order valence-corrected chi connectivity index (χ3v) is 7.25. The first-order chi connectivity index (χ1) is 17.2. The molecular weight excluding hydrogens is 489 g/mol. The van der Waals surface area contributed by atoms with E-state index in [-0.39, 0.29) is 46.7 Å². The van der Waals surface area contributed by atoms with Gasteiger partial charge in [0.05, 0.1) is 17.2 Å². The molecule has 1 aliphatic carbocycles. The molecule has 2 heterocycles. The summed E-state index contributed by atoms with van der Waals surface area (Å²) in [4.78, 5) is 41.5. The summed E-state index contributed by atoms with van der Waals surface area (Å²) >= 11 is 5.84. The summed E-state index contributed by atoms with van der Waals surface area (Å²) in [5.74, 6) is -1.44. The summed E-state index contributed by atoms with van der Waals surface area (Å²) < 4.78 is 27.2. The summed E-state index contributed by atoms with van der Waals surface area (Å²) in [5.41, 5.74) is -0.917. The van der Waals surface area contributed by atoms with Crippen LogP contribution in [0.25, 0.3) is 0 Å². The van der Waals surface area contributed by atoms with Crippen LogP contribution in [0.4, 0.5) is 4.39 Å². The minimum absolute atomic E-state index is 0.0534. The topological polar surface area (TPSA) is 89.9 Å². The Labute approximate surface area is 214 Å². The van der Waals surface area contributed by atoms with Crippen molar-refractivity contribution >= 4 is 23.4 Å². The van der Waals surface area contributed by atoms with Gasteiger partial charge in [-0.2, -0.15) is 0 Å². The Kier molecular flexibility index (Phi) is 7.70. The van der Waals surface area contributed by atoms with E-state index in [0.29, 0.717) is 25.5 Å². The Morgan fingerprint density at radius 1 is 1.31 bits per heavy atom. The van der Waals surface area contributed by atoms with Crippen LogP contribution in [-0.2, 0) is 16.8 Å². The second-order valence-corrected chi connectivity index (χ2v) is 10.0. The van der Waals surface area contributed by atoms with Crippen molar-refractivity contribution in [3.8, 4) is 5.75 Å². The van der Waals surface area contributed by atoms with Gasteiger partial charge in [-0.15, -0.1) is 0 Å². The molecule has 0 bridgehead atoms. The van der Waals surface area contributed by atoms with Crippen LogP contribution < -0.4 is 15.5 Å². The lowest BCUT2D eigenvalue weighted by molar-refractivity contribution is -0.0191. The minimum atomic E-state index is -0.677. The van der Waals surface area contributed by atoms with Gasteiger partial charge in [0.25, 0.3) is 11.8 Å². The third kappa shape index (κ3) is 4.74. The van der Waals surface area contributed by atoms with Crippen molar-refractivity contribution < 1.29 is 23.5 Å². The SMILES string of the molecule is CCCCOc1c2n(cc(C(=O)NCc3cccc(Cl)c3F)c1=O)[C@]1(CN(C)C2=O)C[C@H](COC)C1. The fourth-order valence-corrected chi connectivity index (χ4v) is 5.39. The molecule has 1 spiro atoms. The van der Waals surface area contributed by atoms with Gasteiger partial charge in [-0.3, -0.25) is 14.4 Å². The van der Waals surface area contributed by atoms with E-state index in [1.165, 1.54) is 18.3 Å². The lowest BCUT2D eigenvalue weighted by Gasteiger charge is -2.54. The first-order valence-corrected chi connectivity index (χ1v) is 12.5. The summed E-state index contributed by atoms with van der Waals surface area (Å²) in [6.07, 6.45) is 4.46. The number of carbonyl (C=O) groups excluding carboxylic acids is 2. The lowest BCUT2D eigenvalue weighted by Crippen LogP contribution is -2.60. The fraction of sp³-hybridized carbons (Fsp3) is 0.500. The molecule has 10 heteroatoms. The Hall–Kier alpha value is -2.91. The molecule has 0 unspecified atom stereocenters. The number of hydrogen-bond donors (Lipinski definition) is 1. The molecule has 1 saturated carbocycles. The maximum atomic E-state index is 14.3. The molecule has 2 aliphatic rings. The zero-order valence-corrected chi connectivity index (χ0v) is 21.5. The van der Waals surface area contributed by atoms with Crippen molar-refractivity contribution in [3.05, 3.63) is 62.3 Å². The van der Waals surface area contributed by atoms with E-state index < -0.39 is 22.7 Å². The van der Waals surface area contributed by atoms with E-state index in [0.717, 1.165) is 19.3 Å². The molecule has 36 heavy (non-hydrogen) atoms. The molecular formula is C26H31ClFN3O5. The van der Waals surface area contributed by atoms with Gasteiger partial charge in [0, 0.05) is 45.6 Å². The molecule has 4 rings (SSSR count). The third-order valence-electron chi connectivity index (χ3n) is 6.96. The molecule has 8 nitrogen and oxygen atoms in total. The molecule has 1 N–H and O–H groups in total. The molecule has 1 aromatic heterocycles. The fourth-order valence-electron chi connectivity index (χ4n) is 5.20. The maximum Gasteiger partial charge on any atom is 0.274 e. The average molecular weight is 520 g/mol. The normalized spacial score (nSPS) is 20.8. The van der Waals surface area contributed by atoms with E-state index in [1.807, 2.05) is 6.92 Å². The molecule has 0 atom stereocenters. The molecule has 194 valence electrons. The van der Waals surface area contributed by atoms with E-state index in [1.54, 1.807) is 29.7 Å². The maximum absolute atomic E-state index is 14.3. The number of ether oxygens (including phenoxy) is 2. The number of carbonyl (C=O) groups is 2. The Morgan fingerprint density at radius 2 is 2.06 bits per heavy atom. The molecule has 1 aliphatic heterocycles. The predicted molar refractivity (Wildman–Crippen MR) is 133 cm³/mol. The van der Waals surface area contributed by atoms with Crippen LogP contribution in [0.1, 0.15) is 59.0 Å². The molecule has 2 amide bonds. The summed E-state index contributed by atoms with van der Waals surface area (Å²) in [5, 5.41) is 2.56. The van der Waals surface area contributed by atoms with Crippen LogP contribution in [-0.4, -0.2) is 55.2 Å². The number of nitrogens with zero attached hydrogens (tertiary/aromatic N) is 2. The van der Waals surface area contributed by atoms with Gasteiger partial charge < -0.3 is 24.3 Å². The number of nitrogens with one attached hydrogen (secondary N) is 1. The monoisotopic (exact) mass is 519 g/mol. The highest BCUT2D eigenvalue weighted by atomic mass is 35.5. The van der Waals surface area contributed by atoms with E-state index in [2.05, 4.69) is 5.32 Å². The highest BCUT2D eigenvalue weighted by molar-refractivity contribution is 6.30. The minimum Gasteiger partial charge on any atom is -0.487 e. The second-order valence-electron chi connectivity index (χ2n) is 9.63. The highest BCUT2D eigenvalue weighted by Gasteiger charge is 2.52.